The van der Waals surface area contributed by atoms with E-state index in [0.29, 0.717) is 5.69 Å². The van der Waals surface area contributed by atoms with Crippen molar-refractivity contribution < 1.29 is 4.39 Å². The summed E-state index contributed by atoms with van der Waals surface area (Å²) in [6, 6.07) is 8.39. The molecule has 1 atom stereocenters. The zero-order valence-electron chi connectivity index (χ0n) is 10.4. The van der Waals surface area contributed by atoms with Crippen molar-refractivity contribution in [1.29, 1.82) is 0 Å². The molecule has 4 heteroatoms. The summed E-state index contributed by atoms with van der Waals surface area (Å²) in [4.78, 5) is 4.20. The van der Waals surface area contributed by atoms with Gasteiger partial charge in [0.05, 0.1) is 17.9 Å². The van der Waals surface area contributed by atoms with Gasteiger partial charge in [-0.15, -0.1) is 0 Å². The van der Waals surface area contributed by atoms with E-state index in [-0.39, 0.29) is 11.9 Å². The predicted octanol–water partition coefficient (Wildman–Crippen LogP) is 3.28. The fraction of sp³-hybridized carbons (Fsp3) is 0.214. The van der Waals surface area contributed by atoms with Crippen molar-refractivity contribution in [3.63, 3.8) is 0 Å². The number of anilines is 2. The second-order valence-electron chi connectivity index (χ2n) is 4.35. The van der Waals surface area contributed by atoms with E-state index in [1.807, 2.05) is 26.0 Å². The van der Waals surface area contributed by atoms with Crippen LogP contribution in [-0.2, 0) is 0 Å². The Labute approximate surface area is 106 Å². The number of aryl methyl sites for hydroxylation is 1. The van der Waals surface area contributed by atoms with Gasteiger partial charge >= 0.3 is 0 Å². The Hall–Kier alpha value is -2.10. The molecule has 0 aliphatic rings. The van der Waals surface area contributed by atoms with Gasteiger partial charge in [0.1, 0.15) is 11.6 Å². The molecular weight excluding hydrogens is 229 g/mol. The number of rotatable bonds is 3. The van der Waals surface area contributed by atoms with Gasteiger partial charge in [-0.1, -0.05) is 12.1 Å². The van der Waals surface area contributed by atoms with Gasteiger partial charge < -0.3 is 11.1 Å². The molecule has 0 spiro atoms. The minimum absolute atomic E-state index is 0.0174. The summed E-state index contributed by atoms with van der Waals surface area (Å²) >= 11 is 0. The number of nitrogens with zero attached hydrogens (tertiary/aromatic N) is 1. The van der Waals surface area contributed by atoms with E-state index < -0.39 is 0 Å². The number of nitrogen functional groups attached to an aromatic ring is 1. The molecule has 3 N–H and O–H groups in total. The third kappa shape index (κ3) is 2.77. The highest BCUT2D eigenvalue weighted by Crippen LogP contribution is 2.20. The lowest BCUT2D eigenvalue weighted by Crippen LogP contribution is -2.08. The quantitative estimate of drug-likeness (QED) is 0.872. The largest absolute Gasteiger partial charge is 0.397 e. The number of aromatic nitrogens is 1. The monoisotopic (exact) mass is 245 g/mol. The van der Waals surface area contributed by atoms with Gasteiger partial charge in [0.25, 0.3) is 0 Å². The van der Waals surface area contributed by atoms with Gasteiger partial charge in [-0.2, -0.15) is 0 Å². The Morgan fingerprint density at radius 3 is 2.78 bits per heavy atom. The Morgan fingerprint density at radius 2 is 2.11 bits per heavy atom. The van der Waals surface area contributed by atoms with Crippen LogP contribution in [0.25, 0.3) is 0 Å². The summed E-state index contributed by atoms with van der Waals surface area (Å²) in [6.45, 7) is 3.89. The number of halogens is 1. The summed E-state index contributed by atoms with van der Waals surface area (Å²) in [6.07, 6.45) is 1.62. The number of hydrogen-bond acceptors (Lipinski definition) is 3. The molecule has 0 amide bonds. The molecule has 2 rings (SSSR count). The van der Waals surface area contributed by atoms with Crippen LogP contribution in [0.3, 0.4) is 0 Å². The highest BCUT2D eigenvalue weighted by Gasteiger charge is 2.07. The Balaban J connectivity index is 2.16. The third-order valence-corrected chi connectivity index (χ3v) is 2.86. The van der Waals surface area contributed by atoms with E-state index in [9.17, 15) is 4.39 Å². The molecule has 0 fully saturated rings. The molecule has 18 heavy (non-hydrogen) atoms. The van der Waals surface area contributed by atoms with Crippen LogP contribution in [0.5, 0.6) is 0 Å². The number of nitrogens with two attached hydrogens (primary N) is 1. The molecule has 0 radical (unpaired) electrons. The first-order valence-corrected chi connectivity index (χ1v) is 5.80. The van der Waals surface area contributed by atoms with Crippen LogP contribution in [0.2, 0.25) is 0 Å². The summed E-state index contributed by atoms with van der Waals surface area (Å²) in [5.41, 5.74) is 8.23. The molecule has 3 nitrogen and oxygen atoms in total. The summed E-state index contributed by atoms with van der Waals surface area (Å²) in [5.74, 6) is 0.501. The van der Waals surface area contributed by atoms with E-state index in [1.165, 1.54) is 12.1 Å². The molecular formula is C14H16FN3. The van der Waals surface area contributed by atoms with Crippen molar-refractivity contribution in [1.82, 2.24) is 4.98 Å². The lowest BCUT2D eigenvalue weighted by molar-refractivity contribution is 0.623. The van der Waals surface area contributed by atoms with Crippen LogP contribution in [0.1, 0.15) is 24.1 Å². The lowest BCUT2D eigenvalue weighted by atomic mass is 10.1. The third-order valence-electron chi connectivity index (χ3n) is 2.86. The van der Waals surface area contributed by atoms with E-state index in [0.717, 1.165) is 16.9 Å². The Bertz CT molecular complexity index is 554. The molecule has 0 aliphatic carbocycles. The molecule has 1 unspecified atom stereocenters. The average Bonchev–Trinajstić information content (AvgIpc) is 2.34. The maximum atomic E-state index is 13.1. The van der Waals surface area contributed by atoms with Crippen LogP contribution in [-0.4, -0.2) is 4.98 Å². The fourth-order valence-corrected chi connectivity index (χ4v) is 1.73. The van der Waals surface area contributed by atoms with Crippen molar-refractivity contribution in [2.45, 2.75) is 19.9 Å². The highest BCUT2D eigenvalue weighted by molar-refractivity contribution is 5.51. The average molecular weight is 245 g/mol. The normalized spacial score (nSPS) is 12.2. The molecule has 1 aromatic carbocycles. The molecule has 94 valence electrons. The van der Waals surface area contributed by atoms with Crippen molar-refractivity contribution in [2.75, 3.05) is 11.1 Å². The first-order valence-electron chi connectivity index (χ1n) is 5.80. The van der Waals surface area contributed by atoms with Crippen LogP contribution < -0.4 is 11.1 Å². The minimum Gasteiger partial charge on any atom is -0.397 e. The molecule has 0 bridgehead atoms. The Kier molecular flexibility index (Phi) is 3.46. The van der Waals surface area contributed by atoms with Gasteiger partial charge in [-0.05, 0) is 43.2 Å². The first-order chi connectivity index (χ1) is 8.56. The predicted molar refractivity (Wildman–Crippen MR) is 71.8 cm³/mol. The molecule has 0 saturated heterocycles. The van der Waals surface area contributed by atoms with Crippen LogP contribution in [0, 0.1) is 12.7 Å². The van der Waals surface area contributed by atoms with Gasteiger partial charge in [-0.25, -0.2) is 9.37 Å². The van der Waals surface area contributed by atoms with E-state index in [1.54, 1.807) is 12.3 Å². The lowest BCUT2D eigenvalue weighted by Gasteiger charge is -2.15. The van der Waals surface area contributed by atoms with Gasteiger partial charge in [0.2, 0.25) is 0 Å². The van der Waals surface area contributed by atoms with E-state index >= 15 is 0 Å². The Morgan fingerprint density at radius 1 is 1.33 bits per heavy atom. The van der Waals surface area contributed by atoms with Crippen molar-refractivity contribution in [3.8, 4) is 0 Å². The second-order valence-corrected chi connectivity index (χ2v) is 4.35. The molecule has 0 aliphatic heterocycles. The number of pyridine rings is 1. The van der Waals surface area contributed by atoms with Crippen molar-refractivity contribution >= 4 is 11.5 Å². The van der Waals surface area contributed by atoms with Crippen LogP contribution >= 0.6 is 0 Å². The SMILES string of the molecule is Cc1cc(NC(C)c2cccc(F)c2)ncc1N. The molecule has 1 heterocycles. The fourth-order valence-electron chi connectivity index (χ4n) is 1.73. The topological polar surface area (TPSA) is 50.9 Å². The minimum atomic E-state index is -0.234. The standard InChI is InChI=1S/C14H16FN3/c1-9-6-14(17-8-13(9)16)18-10(2)11-4-3-5-12(15)7-11/h3-8,10H,16H2,1-2H3,(H,17,18). The van der Waals surface area contributed by atoms with Crippen molar-refractivity contribution in [3.05, 3.63) is 53.5 Å². The number of nitrogens with one attached hydrogen (secondary N) is 1. The smallest absolute Gasteiger partial charge is 0.126 e. The van der Waals surface area contributed by atoms with Crippen LogP contribution in [0.4, 0.5) is 15.9 Å². The zero-order chi connectivity index (χ0) is 13.1. The summed E-state index contributed by atoms with van der Waals surface area (Å²) in [5, 5.41) is 3.22. The van der Waals surface area contributed by atoms with Crippen molar-refractivity contribution in [2.24, 2.45) is 0 Å². The maximum Gasteiger partial charge on any atom is 0.126 e. The van der Waals surface area contributed by atoms with Gasteiger partial charge in [-0.3, -0.25) is 0 Å². The number of hydrogen-bond donors (Lipinski definition) is 2. The summed E-state index contributed by atoms with van der Waals surface area (Å²) < 4.78 is 13.1. The second kappa shape index (κ2) is 5.04. The highest BCUT2D eigenvalue weighted by atomic mass is 19.1. The van der Waals surface area contributed by atoms with Gasteiger partial charge in [0.15, 0.2) is 0 Å². The summed E-state index contributed by atoms with van der Waals surface area (Å²) in [7, 11) is 0. The maximum absolute atomic E-state index is 13.1. The van der Waals surface area contributed by atoms with Crippen LogP contribution in [0.15, 0.2) is 36.5 Å². The van der Waals surface area contributed by atoms with E-state index in [2.05, 4.69) is 10.3 Å². The zero-order valence-corrected chi connectivity index (χ0v) is 10.4. The van der Waals surface area contributed by atoms with Gasteiger partial charge in [0, 0.05) is 0 Å². The molecule has 2 aromatic rings. The molecule has 1 aromatic heterocycles. The van der Waals surface area contributed by atoms with E-state index in [4.69, 9.17) is 5.73 Å². The number of benzene rings is 1. The molecule has 0 saturated carbocycles. The first kappa shape index (κ1) is 12.4.